The number of ether oxygens (including phenoxy) is 1. The van der Waals surface area contributed by atoms with Crippen LogP contribution in [0.1, 0.15) is 38.1 Å². The summed E-state index contributed by atoms with van der Waals surface area (Å²) in [5.41, 5.74) is 0.0544. The highest BCUT2D eigenvalue weighted by molar-refractivity contribution is 9.10. The SMILES string of the molecule is CC1CN(C(C)(C)CNC(=O)c2ccc(Br)c(S(=O)(=O)N(C)C)c2)CC(C)O1. The molecular weight excluding hydrogens is 446 g/mol. The fourth-order valence-corrected chi connectivity index (χ4v) is 5.07. The van der Waals surface area contributed by atoms with Crippen molar-refractivity contribution in [1.29, 1.82) is 0 Å². The van der Waals surface area contributed by atoms with E-state index in [1.165, 1.54) is 20.2 Å². The molecular formula is C19H30BrN3O4S. The number of carbonyl (C=O) groups is 1. The van der Waals surface area contributed by atoms with Gasteiger partial charge in [0.15, 0.2) is 0 Å². The van der Waals surface area contributed by atoms with Crippen LogP contribution < -0.4 is 5.32 Å². The minimum atomic E-state index is -3.65. The van der Waals surface area contributed by atoms with E-state index in [9.17, 15) is 13.2 Å². The molecule has 0 radical (unpaired) electrons. The van der Waals surface area contributed by atoms with Crippen LogP contribution in [0.15, 0.2) is 27.6 Å². The van der Waals surface area contributed by atoms with Gasteiger partial charge in [0.2, 0.25) is 10.0 Å². The Morgan fingerprint density at radius 3 is 2.39 bits per heavy atom. The normalized spacial score (nSPS) is 21.7. The second kappa shape index (κ2) is 8.79. The van der Waals surface area contributed by atoms with Gasteiger partial charge in [-0.3, -0.25) is 9.69 Å². The third kappa shape index (κ3) is 5.33. The van der Waals surface area contributed by atoms with Crippen LogP contribution in [0.4, 0.5) is 0 Å². The molecule has 1 amide bonds. The maximum Gasteiger partial charge on any atom is 0.251 e. The maximum absolute atomic E-state index is 12.7. The number of benzene rings is 1. The smallest absolute Gasteiger partial charge is 0.251 e. The number of hydrogen-bond donors (Lipinski definition) is 1. The van der Waals surface area contributed by atoms with E-state index < -0.39 is 10.0 Å². The van der Waals surface area contributed by atoms with Gasteiger partial charge in [-0.05, 0) is 61.8 Å². The van der Waals surface area contributed by atoms with Crippen LogP contribution >= 0.6 is 15.9 Å². The third-order valence-electron chi connectivity index (χ3n) is 4.91. The second-order valence-electron chi connectivity index (χ2n) is 8.09. The van der Waals surface area contributed by atoms with E-state index in [0.29, 0.717) is 16.6 Å². The van der Waals surface area contributed by atoms with Gasteiger partial charge < -0.3 is 10.1 Å². The number of hydrogen-bond acceptors (Lipinski definition) is 5. The summed E-state index contributed by atoms with van der Waals surface area (Å²) in [6.45, 7) is 10.3. The molecule has 2 unspecified atom stereocenters. The van der Waals surface area contributed by atoms with Crippen molar-refractivity contribution in [1.82, 2.24) is 14.5 Å². The molecule has 2 rings (SSSR count). The van der Waals surface area contributed by atoms with E-state index in [-0.39, 0.29) is 28.5 Å². The number of nitrogens with zero attached hydrogens (tertiary/aromatic N) is 2. The highest BCUT2D eigenvalue weighted by atomic mass is 79.9. The number of morpholine rings is 1. The molecule has 28 heavy (non-hydrogen) atoms. The van der Waals surface area contributed by atoms with Gasteiger partial charge in [0.25, 0.3) is 5.91 Å². The topological polar surface area (TPSA) is 79.0 Å². The standard InChI is InChI=1S/C19H30BrN3O4S/c1-13-10-23(11-14(2)27-13)19(3,4)12-21-18(24)15-7-8-16(20)17(9-15)28(25,26)22(5)6/h7-9,13-14H,10-12H2,1-6H3,(H,21,24). The van der Waals surface area contributed by atoms with Crippen LogP contribution in [0.2, 0.25) is 0 Å². The number of amides is 1. The molecule has 0 aliphatic carbocycles. The average molecular weight is 476 g/mol. The molecule has 0 aromatic heterocycles. The second-order valence-corrected chi connectivity index (χ2v) is 11.1. The Hall–Kier alpha value is -1.00. The van der Waals surface area contributed by atoms with Gasteiger partial charge in [0.1, 0.15) is 0 Å². The summed E-state index contributed by atoms with van der Waals surface area (Å²) in [6.07, 6.45) is 0.285. The molecule has 1 fully saturated rings. The molecule has 1 N–H and O–H groups in total. The van der Waals surface area contributed by atoms with E-state index >= 15 is 0 Å². The first kappa shape index (κ1) is 23.3. The minimum absolute atomic E-state index is 0.0697. The van der Waals surface area contributed by atoms with Crippen LogP contribution in [0.25, 0.3) is 0 Å². The molecule has 1 aromatic carbocycles. The van der Waals surface area contributed by atoms with Crippen LogP contribution in [0.3, 0.4) is 0 Å². The molecule has 0 saturated carbocycles. The van der Waals surface area contributed by atoms with Gasteiger partial charge in [-0.25, -0.2) is 12.7 Å². The Bertz CT molecular complexity index is 816. The number of sulfonamides is 1. The van der Waals surface area contributed by atoms with Crippen molar-refractivity contribution in [3.63, 3.8) is 0 Å². The predicted molar refractivity (Wildman–Crippen MR) is 113 cm³/mol. The first-order valence-electron chi connectivity index (χ1n) is 9.25. The van der Waals surface area contributed by atoms with E-state index in [4.69, 9.17) is 4.74 Å². The van der Waals surface area contributed by atoms with Gasteiger partial charge >= 0.3 is 0 Å². The zero-order valence-corrected chi connectivity index (χ0v) is 19.7. The van der Waals surface area contributed by atoms with Crippen LogP contribution in [-0.4, -0.2) is 75.0 Å². The monoisotopic (exact) mass is 475 g/mol. The lowest BCUT2D eigenvalue weighted by Crippen LogP contribution is -2.58. The molecule has 1 heterocycles. The number of halogens is 1. The Morgan fingerprint density at radius 1 is 1.29 bits per heavy atom. The number of rotatable bonds is 6. The summed E-state index contributed by atoms with van der Waals surface area (Å²) in [4.78, 5) is 15.1. The Morgan fingerprint density at radius 2 is 1.86 bits per heavy atom. The van der Waals surface area contributed by atoms with Crippen molar-refractivity contribution in [2.24, 2.45) is 0 Å². The lowest BCUT2D eigenvalue weighted by atomic mass is 10.00. The van der Waals surface area contributed by atoms with Gasteiger partial charge in [0, 0.05) is 49.3 Å². The molecule has 1 saturated heterocycles. The first-order valence-corrected chi connectivity index (χ1v) is 11.5. The molecule has 158 valence electrons. The summed E-state index contributed by atoms with van der Waals surface area (Å²) >= 11 is 3.26. The quantitative estimate of drug-likeness (QED) is 0.682. The fraction of sp³-hybridized carbons (Fsp3) is 0.632. The highest BCUT2D eigenvalue weighted by Gasteiger charge is 2.33. The lowest BCUT2D eigenvalue weighted by Gasteiger charge is -2.45. The van der Waals surface area contributed by atoms with E-state index in [1.807, 2.05) is 13.8 Å². The van der Waals surface area contributed by atoms with Crippen molar-refractivity contribution in [3.8, 4) is 0 Å². The Kier molecular flexibility index (Phi) is 7.31. The summed E-state index contributed by atoms with van der Waals surface area (Å²) < 4.78 is 32.3. The highest BCUT2D eigenvalue weighted by Crippen LogP contribution is 2.25. The first-order chi connectivity index (χ1) is 12.8. The largest absolute Gasteiger partial charge is 0.373 e. The van der Waals surface area contributed by atoms with Crippen LogP contribution in [-0.2, 0) is 14.8 Å². The molecule has 0 bridgehead atoms. The third-order valence-corrected chi connectivity index (χ3v) is 7.72. The van der Waals surface area contributed by atoms with Gasteiger partial charge in [-0.2, -0.15) is 0 Å². The summed E-state index contributed by atoms with van der Waals surface area (Å²) in [5, 5.41) is 2.95. The van der Waals surface area contributed by atoms with Gasteiger partial charge in [0.05, 0.1) is 17.1 Å². The zero-order chi connectivity index (χ0) is 21.3. The molecule has 0 spiro atoms. The van der Waals surface area contributed by atoms with Crippen molar-refractivity contribution in [3.05, 3.63) is 28.2 Å². The van der Waals surface area contributed by atoms with E-state index in [0.717, 1.165) is 17.4 Å². The van der Waals surface area contributed by atoms with Gasteiger partial charge in [-0.1, -0.05) is 0 Å². The Labute approximate surface area is 176 Å². The van der Waals surface area contributed by atoms with Crippen molar-refractivity contribution in [2.75, 3.05) is 33.7 Å². The average Bonchev–Trinajstić information content (AvgIpc) is 2.59. The van der Waals surface area contributed by atoms with Gasteiger partial charge in [-0.15, -0.1) is 0 Å². The zero-order valence-electron chi connectivity index (χ0n) is 17.3. The molecule has 7 nitrogen and oxygen atoms in total. The summed E-state index contributed by atoms with van der Waals surface area (Å²) in [7, 11) is -0.733. The van der Waals surface area contributed by atoms with E-state index in [2.05, 4.69) is 40.0 Å². The maximum atomic E-state index is 12.7. The summed E-state index contributed by atoms with van der Waals surface area (Å²) in [6, 6.07) is 4.60. The number of nitrogens with one attached hydrogen (secondary N) is 1. The lowest BCUT2D eigenvalue weighted by molar-refractivity contribution is -0.0948. The molecule has 1 aromatic rings. The molecule has 9 heteroatoms. The Balaban J connectivity index is 2.13. The molecule has 1 aliphatic rings. The van der Waals surface area contributed by atoms with Crippen molar-refractivity contribution >= 4 is 31.9 Å². The molecule has 1 aliphatic heterocycles. The van der Waals surface area contributed by atoms with Crippen molar-refractivity contribution < 1.29 is 17.9 Å². The summed E-state index contributed by atoms with van der Waals surface area (Å²) in [5.74, 6) is -0.301. The van der Waals surface area contributed by atoms with E-state index in [1.54, 1.807) is 12.1 Å². The van der Waals surface area contributed by atoms with Crippen LogP contribution in [0, 0.1) is 0 Å². The van der Waals surface area contributed by atoms with Crippen LogP contribution in [0.5, 0.6) is 0 Å². The predicted octanol–water partition coefficient (Wildman–Crippen LogP) is 2.32. The number of carbonyl (C=O) groups excluding carboxylic acids is 1. The minimum Gasteiger partial charge on any atom is -0.373 e. The fourth-order valence-electron chi connectivity index (χ4n) is 3.22. The van der Waals surface area contributed by atoms with Crippen molar-refractivity contribution in [2.45, 2.75) is 50.3 Å². The molecule has 2 atom stereocenters.